The molecule has 3 aromatic rings. The van der Waals surface area contributed by atoms with Crippen LogP contribution in [0.4, 0.5) is 4.39 Å². The molecule has 2 heterocycles. The van der Waals surface area contributed by atoms with Crippen LogP contribution in [-0.2, 0) is 22.6 Å². The van der Waals surface area contributed by atoms with E-state index in [2.05, 4.69) is 42.6 Å². The number of halogens is 2. The van der Waals surface area contributed by atoms with E-state index in [9.17, 15) is 14.0 Å². The molecular formula is C32H41ClFN3O2. The van der Waals surface area contributed by atoms with E-state index in [0.717, 1.165) is 48.7 Å². The number of nitrogens with zero attached hydrogens (tertiary/aromatic N) is 2. The number of rotatable bonds is 8. The van der Waals surface area contributed by atoms with E-state index in [1.165, 1.54) is 31.2 Å². The minimum absolute atomic E-state index is 0.0499. The summed E-state index contributed by atoms with van der Waals surface area (Å²) >= 11 is 6.28. The Labute approximate surface area is 237 Å². The SMILES string of the molecule is C#C.CC(=O)NCCn1c(C2CCCN(C(=O)CCCc3ccc(F)cc3)C2)cc2ccc(Cl)cc21.CCC. The Kier molecular flexibility index (Phi) is 13.6. The summed E-state index contributed by atoms with van der Waals surface area (Å²) in [5.41, 5.74) is 3.29. The van der Waals surface area contributed by atoms with Gasteiger partial charge < -0.3 is 14.8 Å². The number of hydrogen-bond donors (Lipinski definition) is 1. The largest absolute Gasteiger partial charge is 0.355 e. The Morgan fingerprint density at radius 2 is 1.79 bits per heavy atom. The molecule has 1 aliphatic heterocycles. The number of fused-ring (bicyclic) bond motifs is 1. The topological polar surface area (TPSA) is 54.3 Å². The first-order valence-electron chi connectivity index (χ1n) is 13.7. The predicted molar refractivity (Wildman–Crippen MR) is 159 cm³/mol. The number of hydrogen-bond acceptors (Lipinski definition) is 2. The molecular weight excluding hydrogens is 513 g/mol. The van der Waals surface area contributed by atoms with Crippen LogP contribution in [-0.4, -0.2) is 40.9 Å². The molecule has 1 N–H and O–H groups in total. The maximum Gasteiger partial charge on any atom is 0.222 e. The fourth-order valence-corrected chi connectivity index (χ4v) is 5.04. The fourth-order valence-electron chi connectivity index (χ4n) is 4.88. The first-order valence-corrected chi connectivity index (χ1v) is 14.1. The Bertz CT molecular complexity index is 1220. The number of aryl methyl sites for hydroxylation is 1. The lowest BCUT2D eigenvalue weighted by molar-refractivity contribution is -0.132. The minimum Gasteiger partial charge on any atom is -0.355 e. The smallest absolute Gasteiger partial charge is 0.222 e. The van der Waals surface area contributed by atoms with Gasteiger partial charge in [-0.1, -0.05) is 50.1 Å². The second kappa shape index (κ2) is 16.6. The zero-order valence-electron chi connectivity index (χ0n) is 23.4. The summed E-state index contributed by atoms with van der Waals surface area (Å²) in [7, 11) is 0. The first kappa shape index (κ1) is 31.9. The zero-order valence-corrected chi connectivity index (χ0v) is 24.1. The van der Waals surface area contributed by atoms with E-state index >= 15 is 0 Å². The Morgan fingerprint density at radius 1 is 1.10 bits per heavy atom. The number of aromatic nitrogens is 1. The van der Waals surface area contributed by atoms with Crippen molar-refractivity contribution in [3.05, 3.63) is 70.6 Å². The number of likely N-dealkylation sites (tertiary alicyclic amines) is 1. The highest BCUT2D eigenvalue weighted by Gasteiger charge is 2.27. The number of benzene rings is 2. The second-order valence-corrected chi connectivity index (χ2v) is 10.2. The summed E-state index contributed by atoms with van der Waals surface area (Å²) in [6.45, 7) is 8.44. The fraction of sp³-hybridized carbons (Fsp3) is 0.438. The zero-order chi connectivity index (χ0) is 28.8. The molecule has 1 aromatic heterocycles. The molecule has 1 fully saturated rings. The summed E-state index contributed by atoms with van der Waals surface area (Å²) in [4.78, 5) is 26.3. The Balaban J connectivity index is 0.000000998. The third-order valence-electron chi connectivity index (χ3n) is 6.57. The van der Waals surface area contributed by atoms with E-state index < -0.39 is 0 Å². The van der Waals surface area contributed by atoms with Gasteiger partial charge in [0.15, 0.2) is 0 Å². The lowest BCUT2D eigenvalue weighted by Crippen LogP contribution is -2.39. The lowest BCUT2D eigenvalue weighted by atomic mass is 9.94. The van der Waals surface area contributed by atoms with Gasteiger partial charge in [-0.05, 0) is 67.0 Å². The molecule has 1 unspecified atom stereocenters. The molecule has 1 saturated heterocycles. The number of carbonyl (C=O) groups is 2. The Hall–Kier alpha value is -3.30. The Morgan fingerprint density at radius 3 is 2.46 bits per heavy atom. The molecule has 0 saturated carbocycles. The van der Waals surface area contributed by atoms with Crippen LogP contribution in [0.5, 0.6) is 0 Å². The maximum absolute atomic E-state index is 13.1. The average molecular weight is 554 g/mol. The van der Waals surface area contributed by atoms with Crippen molar-refractivity contribution in [2.24, 2.45) is 0 Å². The van der Waals surface area contributed by atoms with Crippen LogP contribution >= 0.6 is 11.6 Å². The van der Waals surface area contributed by atoms with E-state index in [1.54, 1.807) is 12.1 Å². The van der Waals surface area contributed by atoms with Crippen LogP contribution in [0.2, 0.25) is 5.02 Å². The second-order valence-electron chi connectivity index (χ2n) is 9.77. The molecule has 0 spiro atoms. The van der Waals surface area contributed by atoms with Crippen LogP contribution in [0, 0.1) is 18.7 Å². The molecule has 4 rings (SSSR count). The predicted octanol–water partition coefficient (Wildman–Crippen LogP) is 6.96. The average Bonchev–Trinajstić information content (AvgIpc) is 3.29. The van der Waals surface area contributed by atoms with Crippen molar-refractivity contribution in [2.75, 3.05) is 19.6 Å². The van der Waals surface area contributed by atoms with E-state index in [-0.39, 0.29) is 23.5 Å². The maximum atomic E-state index is 13.1. The van der Waals surface area contributed by atoms with Crippen LogP contribution in [0.1, 0.15) is 70.1 Å². The van der Waals surface area contributed by atoms with Crippen LogP contribution in [0.15, 0.2) is 48.5 Å². The molecule has 0 bridgehead atoms. The standard InChI is InChI=1S/C27H31ClFN3O2.C3H8.C2H2/c1-19(33)30-13-15-32-25(16-21-9-10-23(28)17-26(21)32)22-5-3-14-31(18-22)27(34)6-2-4-20-7-11-24(29)12-8-20;1-3-2;1-2/h7-12,16-17,22H,2-6,13-15,18H2,1H3,(H,30,33);3H2,1-2H3;1-2H. The first-order chi connectivity index (χ1) is 18.8. The van der Waals surface area contributed by atoms with Crippen LogP contribution < -0.4 is 5.32 Å². The normalized spacial score (nSPS) is 14.5. The monoisotopic (exact) mass is 553 g/mol. The number of terminal acetylenes is 1. The van der Waals surface area contributed by atoms with Gasteiger partial charge in [-0.3, -0.25) is 9.59 Å². The molecule has 210 valence electrons. The van der Waals surface area contributed by atoms with Crippen molar-refractivity contribution in [1.29, 1.82) is 0 Å². The van der Waals surface area contributed by atoms with Crippen molar-refractivity contribution in [3.63, 3.8) is 0 Å². The molecule has 0 radical (unpaired) electrons. The molecule has 1 atom stereocenters. The molecule has 0 aliphatic carbocycles. The number of amides is 2. The highest BCUT2D eigenvalue weighted by molar-refractivity contribution is 6.31. The summed E-state index contributed by atoms with van der Waals surface area (Å²) in [5.74, 6) is 0.121. The molecule has 39 heavy (non-hydrogen) atoms. The van der Waals surface area contributed by atoms with Crippen molar-refractivity contribution in [3.8, 4) is 12.8 Å². The minimum atomic E-state index is -0.240. The van der Waals surface area contributed by atoms with Gasteiger partial charge in [-0.2, -0.15) is 0 Å². The van der Waals surface area contributed by atoms with Crippen molar-refractivity contribution >= 4 is 34.3 Å². The quantitative estimate of drug-likeness (QED) is 0.306. The van der Waals surface area contributed by atoms with E-state index in [4.69, 9.17) is 11.6 Å². The molecule has 7 heteroatoms. The number of nitrogens with one attached hydrogen (secondary N) is 1. The van der Waals surface area contributed by atoms with Gasteiger partial charge in [0.2, 0.25) is 11.8 Å². The third kappa shape index (κ3) is 9.75. The summed E-state index contributed by atoms with van der Waals surface area (Å²) in [6.07, 6.45) is 13.2. The van der Waals surface area contributed by atoms with Gasteiger partial charge in [-0.15, -0.1) is 12.8 Å². The van der Waals surface area contributed by atoms with Crippen molar-refractivity contribution in [2.45, 2.75) is 71.8 Å². The van der Waals surface area contributed by atoms with Crippen molar-refractivity contribution in [1.82, 2.24) is 14.8 Å². The highest BCUT2D eigenvalue weighted by Crippen LogP contribution is 2.33. The van der Waals surface area contributed by atoms with Crippen LogP contribution in [0.3, 0.4) is 0 Å². The van der Waals surface area contributed by atoms with Crippen LogP contribution in [0.25, 0.3) is 10.9 Å². The van der Waals surface area contributed by atoms with Gasteiger partial charge in [0.25, 0.3) is 0 Å². The summed E-state index contributed by atoms with van der Waals surface area (Å²) < 4.78 is 15.3. The molecule has 2 aromatic carbocycles. The third-order valence-corrected chi connectivity index (χ3v) is 6.80. The lowest BCUT2D eigenvalue weighted by Gasteiger charge is -2.33. The molecule has 1 aliphatic rings. The van der Waals surface area contributed by atoms with Gasteiger partial charge >= 0.3 is 0 Å². The molecule has 2 amide bonds. The number of carbonyl (C=O) groups excluding carboxylic acids is 2. The number of piperidine rings is 1. The molecule has 5 nitrogen and oxygen atoms in total. The van der Waals surface area contributed by atoms with E-state index in [0.29, 0.717) is 31.1 Å². The summed E-state index contributed by atoms with van der Waals surface area (Å²) in [5, 5.41) is 4.68. The van der Waals surface area contributed by atoms with Crippen molar-refractivity contribution < 1.29 is 14.0 Å². The van der Waals surface area contributed by atoms with Gasteiger partial charge in [0.1, 0.15) is 5.82 Å². The van der Waals surface area contributed by atoms with E-state index in [1.807, 2.05) is 23.1 Å². The summed E-state index contributed by atoms with van der Waals surface area (Å²) in [6, 6.07) is 14.6. The van der Waals surface area contributed by atoms with Gasteiger partial charge in [-0.25, -0.2) is 4.39 Å². The van der Waals surface area contributed by atoms with Gasteiger partial charge in [0, 0.05) is 61.7 Å². The highest BCUT2D eigenvalue weighted by atomic mass is 35.5. The van der Waals surface area contributed by atoms with Gasteiger partial charge in [0.05, 0.1) is 0 Å².